The number of amides is 2. The zero-order valence-corrected chi connectivity index (χ0v) is 12.6. The number of aryl methyl sites for hydroxylation is 1. The monoisotopic (exact) mass is 290 g/mol. The molecule has 0 saturated carbocycles. The number of ether oxygens (including phenoxy) is 1. The van der Waals surface area contributed by atoms with E-state index >= 15 is 0 Å². The summed E-state index contributed by atoms with van der Waals surface area (Å²) >= 11 is 0. The van der Waals surface area contributed by atoms with E-state index < -0.39 is 0 Å². The highest BCUT2D eigenvalue weighted by Gasteiger charge is 2.29. The summed E-state index contributed by atoms with van der Waals surface area (Å²) in [7, 11) is 0. The number of hydrogen-bond acceptors (Lipinski definition) is 4. The number of nitrogens with zero attached hydrogens (tertiary/aromatic N) is 1. The first kappa shape index (κ1) is 15.7. The Morgan fingerprint density at radius 1 is 1.19 bits per heavy atom. The van der Waals surface area contributed by atoms with E-state index in [-0.39, 0.29) is 31.1 Å². The smallest absolute Gasteiger partial charge is 0.255 e. The minimum Gasteiger partial charge on any atom is -0.362 e. The van der Waals surface area contributed by atoms with Crippen molar-refractivity contribution in [2.75, 3.05) is 26.3 Å². The van der Waals surface area contributed by atoms with Crippen LogP contribution in [0.15, 0.2) is 24.3 Å². The number of hydrogen-bond donors (Lipinski definition) is 1. The quantitative estimate of drug-likeness (QED) is 0.805. The van der Waals surface area contributed by atoms with Gasteiger partial charge < -0.3 is 10.1 Å². The van der Waals surface area contributed by atoms with Crippen molar-refractivity contribution in [1.82, 2.24) is 10.2 Å². The van der Waals surface area contributed by atoms with Crippen LogP contribution < -0.4 is 5.32 Å². The lowest BCUT2D eigenvalue weighted by Gasteiger charge is -2.29. The maximum Gasteiger partial charge on any atom is 0.255 e. The molecule has 114 valence electrons. The second kappa shape index (κ2) is 7.33. The van der Waals surface area contributed by atoms with Crippen molar-refractivity contribution in [1.29, 1.82) is 0 Å². The summed E-state index contributed by atoms with van der Waals surface area (Å²) in [5, 5.41) is 3.41. The minimum absolute atomic E-state index is 0.0138. The molecule has 1 atom stereocenters. The molecule has 0 spiro atoms. The van der Waals surface area contributed by atoms with Crippen LogP contribution in [0.25, 0.3) is 0 Å². The molecule has 0 radical (unpaired) electrons. The van der Waals surface area contributed by atoms with Gasteiger partial charge in [-0.15, -0.1) is 0 Å². The number of nitrogens with one attached hydrogen (secondary N) is 1. The predicted octanol–water partition coefficient (Wildman–Crippen LogP) is 1.42. The van der Waals surface area contributed by atoms with Crippen LogP contribution in [0.2, 0.25) is 0 Å². The van der Waals surface area contributed by atoms with E-state index in [0.29, 0.717) is 6.54 Å². The summed E-state index contributed by atoms with van der Waals surface area (Å²) < 4.78 is 4.95. The van der Waals surface area contributed by atoms with Gasteiger partial charge in [0.1, 0.15) is 13.2 Å². The molecule has 2 amide bonds. The fourth-order valence-corrected chi connectivity index (χ4v) is 2.31. The number of imide groups is 1. The van der Waals surface area contributed by atoms with E-state index in [4.69, 9.17) is 4.74 Å². The molecule has 1 aromatic rings. The van der Waals surface area contributed by atoms with E-state index in [9.17, 15) is 9.59 Å². The number of carbonyl (C=O) groups is 2. The van der Waals surface area contributed by atoms with Gasteiger partial charge >= 0.3 is 0 Å². The molecule has 0 aromatic heterocycles. The van der Waals surface area contributed by atoms with Crippen molar-refractivity contribution in [2.24, 2.45) is 0 Å². The Bertz CT molecular complexity index is 483. The highest BCUT2D eigenvalue weighted by Crippen LogP contribution is 2.17. The van der Waals surface area contributed by atoms with Crippen LogP contribution in [-0.4, -0.2) is 43.0 Å². The Kier molecular flexibility index (Phi) is 5.47. The fraction of sp³-hybridized carbons (Fsp3) is 0.500. The first-order chi connectivity index (χ1) is 10.1. The topological polar surface area (TPSA) is 58.6 Å². The number of carbonyl (C=O) groups excluding carboxylic acids is 2. The van der Waals surface area contributed by atoms with Gasteiger partial charge in [-0.25, -0.2) is 0 Å². The lowest BCUT2D eigenvalue weighted by atomic mass is 10.0. The highest BCUT2D eigenvalue weighted by molar-refractivity contribution is 5.98. The molecule has 1 fully saturated rings. The molecule has 2 rings (SSSR count). The van der Waals surface area contributed by atoms with Crippen molar-refractivity contribution >= 4 is 11.8 Å². The molecule has 1 heterocycles. The van der Waals surface area contributed by atoms with Gasteiger partial charge in [0.05, 0.1) is 6.04 Å². The average molecular weight is 290 g/mol. The summed E-state index contributed by atoms with van der Waals surface area (Å²) in [6.45, 7) is 5.28. The van der Waals surface area contributed by atoms with Crippen molar-refractivity contribution < 1.29 is 14.3 Å². The van der Waals surface area contributed by atoms with E-state index in [1.54, 1.807) is 0 Å². The van der Waals surface area contributed by atoms with Gasteiger partial charge in [-0.1, -0.05) is 36.8 Å². The molecule has 1 unspecified atom stereocenters. The second-order valence-electron chi connectivity index (χ2n) is 5.31. The Balaban J connectivity index is 2.13. The van der Waals surface area contributed by atoms with Crippen LogP contribution in [-0.2, 0) is 14.3 Å². The summed E-state index contributed by atoms with van der Waals surface area (Å²) in [5.41, 5.74) is 2.27. The molecule has 1 N–H and O–H groups in total. The lowest BCUT2D eigenvalue weighted by molar-refractivity contribution is -0.158. The lowest BCUT2D eigenvalue weighted by Crippen LogP contribution is -2.49. The Labute approximate surface area is 125 Å². The van der Waals surface area contributed by atoms with Crippen LogP contribution in [0.4, 0.5) is 0 Å². The van der Waals surface area contributed by atoms with Crippen LogP contribution in [0, 0.1) is 6.92 Å². The number of morpholine rings is 1. The normalized spacial score (nSPS) is 17.1. The van der Waals surface area contributed by atoms with Crippen LogP contribution in [0.5, 0.6) is 0 Å². The van der Waals surface area contributed by atoms with Gasteiger partial charge in [-0.05, 0) is 25.5 Å². The van der Waals surface area contributed by atoms with Gasteiger partial charge in [0.15, 0.2) is 0 Å². The van der Waals surface area contributed by atoms with E-state index in [2.05, 4.69) is 12.2 Å². The van der Waals surface area contributed by atoms with Crippen molar-refractivity contribution in [3.05, 3.63) is 35.4 Å². The third-order valence-corrected chi connectivity index (χ3v) is 3.54. The summed E-state index contributed by atoms with van der Waals surface area (Å²) in [6, 6.07) is 8.12. The maximum atomic E-state index is 11.9. The molecule has 1 aliphatic heterocycles. The minimum atomic E-state index is -0.262. The van der Waals surface area contributed by atoms with Gasteiger partial charge in [-0.2, -0.15) is 0 Å². The Morgan fingerprint density at radius 3 is 2.38 bits per heavy atom. The molecule has 1 saturated heterocycles. The largest absolute Gasteiger partial charge is 0.362 e. The standard InChI is InChI=1S/C16H22N2O3/c1-3-8-17-14(13-6-4-12(2)5-7-13)9-18-15(19)10-21-11-16(18)20/h4-7,14,17H,3,8-11H2,1-2H3. The molecule has 0 bridgehead atoms. The van der Waals surface area contributed by atoms with Crippen molar-refractivity contribution in [3.8, 4) is 0 Å². The van der Waals surface area contributed by atoms with Crippen LogP contribution in [0.3, 0.4) is 0 Å². The molecule has 5 nitrogen and oxygen atoms in total. The Morgan fingerprint density at radius 2 is 1.81 bits per heavy atom. The summed E-state index contributed by atoms with van der Waals surface area (Å²) in [6.07, 6.45) is 0.993. The fourth-order valence-electron chi connectivity index (χ4n) is 2.31. The number of benzene rings is 1. The van der Waals surface area contributed by atoms with Gasteiger partial charge in [0.25, 0.3) is 11.8 Å². The zero-order valence-electron chi connectivity index (χ0n) is 12.6. The summed E-state index contributed by atoms with van der Waals surface area (Å²) in [5.74, 6) is -0.525. The molecular formula is C16H22N2O3. The van der Waals surface area contributed by atoms with Gasteiger partial charge in [0.2, 0.25) is 0 Å². The van der Waals surface area contributed by atoms with E-state index in [1.165, 1.54) is 10.5 Å². The summed E-state index contributed by atoms with van der Waals surface area (Å²) in [4.78, 5) is 25.0. The molecular weight excluding hydrogens is 268 g/mol. The molecule has 1 aliphatic rings. The molecule has 1 aromatic carbocycles. The van der Waals surface area contributed by atoms with Gasteiger partial charge in [0, 0.05) is 6.54 Å². The van der Waals surface area contributed by atoms with E-state index in [0.717, 1.165) is 18.5 Å². The molecule has 21 heavy (non-hydrogen) atoms. The van der Waals surface area contributed by atoms with Crippen LogP contribution >= 0.6 is 0 Å². The zero-order chi connectivity index (χ0) is 15.2. The van der Waals surface area contributed by atoms with Crippen molar-refractivity contribution in [2.45, 2.75) is 26.3 Å². The predicted molar refractivity (Wildman–Crippen MR) is 79.8 cm³/mol. The number of rotatable bonds is 6. The Hall–Kier alpha value is -1.72. The van der Waals surface area contributed by atoms with Gasteiger partial charge in [-0.3, -0.25) is 14.5 Å². The van der Waals surface area contributed by atoms with Crippen molar-refractivity contribution in [3.63, 3.8) is 0 Å². The van der Waals surface area contributed by atoms with Crippen LogP contribution in [0.1, 0.15) is 30.5 Å². The molecule has 5 heteroatoms. The average Bonchev–Trinajstić information content (AvgIpc) is 2.47. The first-order valence-electron chi connectivity index (χ1n) is 7.32. The SMILES string of the molecule is CCCNC(CN1C(=O)COCC1=O)c1ccc(C)cc1. The third kappa shape index (κ3) is 4.12. The maximum absolute atomic E-state index is 11.9. The molecule has 0 aliphatic carbocycles. The highest BCUT2D eigenvalue weighted by atomic mass is 16.5. The van der Waals surface area contributed by atoms with E-state index in [1.807, 2.05) is 31.2 Å². The first-order valence-corrected chi connectivity index (χ1v) is 7.32. The second-order valence-corrected chi connectivity index (χ2v) is 5.31. The third-order valence-electron chi connectivity index (χ3n) is 3.54.